The molecule has 2 atom stereocenters. The van der Waals surface area contributed by atoms with Crippen LogP contribution in [-0.4, -0.2) is 22.2 Å². The van der Waals surface area contributed by atoms with Crippen molar-refractivity contribution in [3.8, 4) is 5.88 Å². The summed E-state index contributed by atoms with van der Waals surface area (Å²) in [6.45, 7) is 2.18. The van der Waals surface area contributed by atoms with Crippen LogP contribution in [0.4, 0.5) is 0 Å². The molecule has 18 heavy (non-hydrogen) atoms. The Balaban J connectivity index is 2.16. The highest BCUT2D eigenvalue weighted by Crippen LogP contribution is 2.28. The van der Waals surface area contributed by atoms with Crippen LogP contribution in [0.1, 0.15) is 43.0 Å². The molecule has 1 N–H and O–H groups in total. The highest BCUT2D eigenvalue weighted by molar-refractivity contribution is 6.29. The van der Waals surface area contributed by atoms with Gasteiger partial charge in [0.05, 0.1) is 0 Å². The molecule has 0 aliphatic heterocycles. The van der Waals surface area contributed by atoms with E-state index in [2.05, 4.69) is 11.9 Å². The van der Waals surface area contributed by atoms with E-state index in [1.165, 1.54) is 18.6 Å². The fourth-order valence-corrected chi connectivity index (χ4v) is 2.45. The van der Waals surface area contributed by atoms with Crippen molar-refractivity contribution in [2.24, 2.45) is 5.92 Å². The Morgan fingerprint density at radius 1 is 1.50 bits per heavy atom. The van der Waals surface area contributed by atoms with Gasteiger partial charge in [0.15, 0.2) is 0 Å². The number of carboxylic acids is 1. The number of hydrogen-bond donors (Lipinski definition) is 1. The van der Waals surface area contributed by atoms with E-state index in [4.69, 9.17) is 21.4 Å². The average Bonchev–Trinajstić information content (AvgIpc) is 2.28. The molecule has 2 unspecified atom stereocenters. The number of hydrogen-bond acceptors (Lipinski definition) is 3. The molecule has 1 saturated carbocycles. The zero-order valence-corrected chi connectivity index (χ0v) is 11.0. The number of aromatic nitrogens is 1. The summed E-state index contributed by atoms with van der Waals surface area (Å²) in [7, 11) is 0. The topological polar surface area (TPSA) is 59.4 Å². The molecule has 2 rings (SSSR count). The maximum absolute atomic E-state index is 11.1. The van der Waals surface area contributed by atoms with Crippen molar-refractivity contribution in [1.82, 2.24) is 4.98 Å². The minimum absolute atomic E-state index is 0.0396. The molecule has 0 bridgehead atoms. The Hall–Kier alpha value is -1.29. The number of aromatic carboxylic acids is 1. The van der Waals surface area contributed by atoms with E-state index in [1.54, 1.807) is 0 Å². The number of pyridine rings is 1. The summed E-state index contributed by atoms with van der Waals surface area (Å²) in [5, 5.41) is 9.32. The maximum atomic E-state index is 11.1. The molecule has 0 aromatic carbocycles. The maximum Gasteiger partial charge on any atom is 0.341 e. The predicted octanol–water partition coefficient (Wildman–Crippen LogP) is 3.39. The summed E-state index contributed by atoms with van der Waals surface area (Å²) in [5.41, 5.74) is 0.0672. The van der Waals surface area contributed by atoms with Crippen LogP contribution in [0.3, 0.4) is 0 Å². The van der Waals surface area contributed by atoms with Crippen LogP contribution in [-0.2, 0) is 0 Å². The summed E-state index contributed by atoms with van der Waals surface area (Å²) in [5.74, 6) is -0.302. The lowest BCUT2D eigenvalue weighted by molar-refractivity contribution is 0.0680. The molecule has 1 aliphatic carbocycles. The van der Waals surface area contributed by atoms with Crippen LogP contribution in [0, 0.1) is 5.92 Å². The third-order valence-electron chi connectivity index (χ3n) is 3.22. The summed E-state index contributed by atoms with van der Waals surface area (Å²) in [6, 6.07) is 2.89. The van der Waals surface area contributed by atoms with Crippen molar-refractivity contribution >= 4 is 17.6 Å². The van der Waals surface area contributed by atoms with Gasteiger partial charge in [0.1, 0.15) is 16.8 Å². The number of carboxylic acid groups (broad SMARTS) is 1. The SMILES string of the molecule is CC1CCCC(Oc2nc(Cl)ccc2C(=O)O)C1. The third-order valence-corrected chi connectivity index (χ3v) is 3.43. The Morgan fingerprint density at radius 2 is 2.28 bits per heavy atom. The van der Waals surface area contributed by atoms with Gasteiger partial charge in [0.2, 0.25) is 5.88 Å². The highest BCUT2D eigenvalue weighted by Gasteiger charge is 2.23. The van der Waals surface area contributed by atoms with Crippen molar-refractivity contribution in [2.75, 3.05) is 0 Å². The second kappa shape index (κ2) is 5.57. The third kappa shape index (κ3) is 3.13. The summed E-state index contributed by atoms with van der Waals surface area (Å²) in [6.07, 6.45) is 4.23. The molecule has 1 aliphatic rings. The molecular formula is C13H16ClNO3. The van der Waals surface area contributed by atoms with E-state index < -0.39 is 5.97 Å². The Bertz CT molecular complexity index is 450. The molecule has 4 nitrogen and oxygen atoms in total. The van der Waals surface area contributed by atoms with Crippen LogP contribution in [0.2, 0.25) is 5.15 Å². The fraction of sp³-hybridized carbons (Fsp3) is 0.538. The zero-order chi connectivity index (χ0) is 13.1. The van der Waals surface area contributed by atoms with E-state index in [-0.39, 0.29) is 22.7 Å². The molecule has 0 radical (unpaired) electrons. The lowest BCUT2D eigenvalue weighted by Crippen LogP contribution is -2.25. The molecule has 0 amide bonds. The number of rotatable bonds is 3. The largest absolute Gasteiger partial charge is 0.477 e. The molecule has 1 fully saturated rings. The van der Waals surface area contributed by atoms with Gasteiger partial charge >= 0.3 is 5.97 Å². The molecule has 0 saturated heterocycles. The summed E-state index contributed by atoms with van der Waals surface area (Å²) < 4.78 is 5.72. The number of ether oxygens (including phenoxy) is 1. The van der Waals surface area contributed by atoms with Gasteiger partial charge in [-0.05, 0) is 37.3 Å². The minimum atomic E-state index is -1.04. The second-order valence-corrected chi connectivity index (χ2v) is 5.19. The van der Waals surface area contributed by atoms with Crippen LogP contribution in [0.15, 0.2) is 12.1 Å². The quantitative estimate of drug-likeness (QED) is 0.855. The first-order valence-corrected chi connectivity index (χ1v) is 6.50. The van der Waals surface area contributed by atoms with Gasteiger partial charge in [0, 0.05) is 0 Å². The Labute approximate surface area is 111 Å². The number of nitrogens with zero attached hydrogens (tertiary/aromatic N) is 1. The van der Waals surface area contributed by atoms with Crippen molar-refractivity contribution in [2.45, 2.75) is 38.7 Å². The molecule has 1 aromatic heterocycles. The average molecular weight is 270 g/mol. The fourth-order valence-electron chi connectivity index (χ4n) is 2.31. The number of halogens is 1. The van der Waals surface area contributed by atoms with Crippen molar-refractivity contribution in [3.63, 3.8) is 0 Å². The van der Waals surface area contributed by atoms with Gasteiger partial charge in [-0.1, -0.05) is 24.9 Å². The van der Waals surface area contributed by atoms with Crippen LogP contribution < -0.4 is 4.74 Å². The van der Waals surface area contributed by atoms with Crippen molar-refractivity contribution in [1.29, 1.82) is 0 Å². The smallest absolute Gasteiger partial charge is 0.341 e. The van der Waals surface area contributed by atoms with E-state index in [0.29, 0.717) is 5.92 Å². The molecular weight excluding hydrogens is 254 g/mol. The van der Waals surface area contributed by atoms with Crippen LogP contribution in [0.5, 0.6) is 5.88 Å². The molecule has 1 aromatic rings. The zero-order valence-electron chi connectivity index (χ0n) is 10.2. The lowest BCUT2D eigenvalue weighted by atomic mass is 9.89. The Morgan fingerprint density at radius 3 is 2.94 bits per heavy atom. The van der Waals surface area contributed by atoms with E-state index in [1.807, 2.05) is 0 Å². The molecule has 5 heteroatoms. The Kier molecular flexibility index (Phi) is 4.07. The van der Waals surface area contributed by atoms with Gasteiger partial charge < -0.3 is 9.84 Å². The van der Waals surface area contributed by atoms with E-state index in [0.717, 1.165) is 19.3 Å². The molecule has 1 heterocycles. The normalized spacial score (nSPS) is 23.7. The second-order valence-electron chi connectivity index (χ2n) is 4.80. The van der Waals surface area contributed by atoms with Gasteiger partial charge in [-0.3, -0.25) is 0 Å². The van der Waals surface area contributed by atoms with Crippen LogP contribution >= 0.6 is 11.6 Å². The van der Waals surface area contributed by atoms with Gasteiger partial charge in [-0.25, -0.2) is 9.78 Å². The molecule has 98 valence electrons. The van der Waals surface area contributed by atoms with Crippen molar-refractivity contribution < 1.29 is 14.6 Å². The first-order valence-electron chi connectivity index (χ1n) is 6.12. The lowest BCUT2D eigenvalue weighted by Gasteiger charge is -2.27. The van der Waals surface area contributed by atoms with Crippen LogP contribution in [0.25, 0.3) is 0 Å². The van der Waals surface area contributed by atoms with Crippen molar-refractivity contribution in [3.05, 3.63) is 22.8 Å². The standard InChI is InChI=1S/C13H16ClNO3/c1-8-3-2-4-9(7-8)18-12-10(13(16)17)5-6-11(14)15-12/h5-6,8-9H,2-4,7H2,1H3,(H,16,17). The first-order chi connectivity index (χ1) is 8.56. The first kappa shape index (κ1) is 13.1. The van der Waals surface area contributed by atoms with Gasteiger partial charge in [0.25, 0.3) is 0 Å². The predicted molar refractivity (Wildman–Crippen MR) is 68.3 cm³/mol. The van der Waals surface area contributed by atoms with E-state index >= 15 is 0 Å². The summed E-state index contributed by atoms with van der Waals surface area (Å²) in [4.78, 5) is 15.1. The monoisotopic (exact) mass is 269 g/mol. The van der Waals surface area contributed by atoms with Gasteiger partial charge in [-0.15, -0.1) is 0 Å². The highest BCUT2D eigenvalue weighted by atomic mass is 35.5. The summed E-state index contributed by atoms with van der Waals surface area (Å²) >= 11 is 5.78. The molecule has 0 spiro atoms. The minimum Gasteiger partial charge on any atom is -0.477 e. The van der Waals surface area contributed by atoms with E-state index in [9.17, 15) is 4.79 Å². The number of carbonyl (C=O) groups is 1. The van der Waals surface area contributed by atoms with Gasteiger partial charge in [-0.2, -0.15) is 0 Å².